The van der Waals surface area contributed by atoms with Crippen molar-refractivity contribution < 1.29 is 28.8 Å². The Kier molecular flexibility index (Phi) is 11.2. The first-order chi connectivity index (χ1) is 23.0. The number of ketones is 1. The molecule has 1 saturated heterocycles. The van der Waals surface area contributed by atoms with E-state index >= 15 is 0 Å². The molecule has 256 valence electrons. The van der Waals surface area contributed by atoms with Gasteiger partial charge in [0.25, 0.3) is 5.91 Å². The van der Waals surface area contributed by atoms with E-state index in [1.54, 1.807) is 12.1 Å². The Balaban J connectivity index is 1.38. The van der Waals surface area contributed by atoms with E-state index in [1.165, 1.54) is 4.90 Å². The van der Waals surface area contributed by atoms with Crippen LogP contribution < -0.4 is 21.4 Å². The Bertz CT molecular complexity index is 1560. The second-order valence-corrected chi connectivity index (χ2v) is 13.7. The number of nitrogens with one attached hydrogen (secondary N) is 4. The fraction of sp³-hybridized carbons (Fsp3) is 0.472. The summed E-state index contributed by atoms with van der Waals surface area (Å²) in [4.78, 5) is 74.8. The summed E-state index contributed by atoms with van der Waals surface area (Å²) in [5, 5.41) is 8.94. The summed E-state index contributed by atoms with van der Waals surface area (Å²) in [5.41, 5.74) is 4.23. The molecule has 2 aromatic rings. The number of rotatable bonds is 14. The van der Waals surface area contributed by atoms with Gasteiger partial charge in [0.1, 0.15) is 11.6 Å². The molecule has 48 heavy (non-hydrogen) atoms. The minimum absolute atomic E-state index is 0.00687. The van der Waals surface area contributed by atoms with E-state index in [0.29, 0.717) is 23.7 Å². The summed E-state index contributed by atoms with van der Waals surface area (Å²) in [6.07, 6.45) is 4.34. The number of carbonyl (C=O) groups is 5. The number of carbonyl (C=O) groups excluding carboxylic acids is 5. The van der Waals surface area contributed by atoms with Crippen LogP contribution in [0.4, 0.5) is 0 Å². The van der Waals surface area contributed by atoms with Crippen molar-refractivity contribution in [1.82, 2.24) is 26.3 Å². The van der Waals surface area contributed by atoms with Crippen LogP contribution in [0.15, 0.2) is 60.7 Å². The standard InChI is InChI=1S/C36H44ClN5O6/c1-4-9-28(32(44)34(46)39-26-14-15-26)40-33(45)30-19-36(18-29(41-48-36)24-12-8-13-25(37)16-24)21-42(30)35(47)27(22(2)3)17-31(43)38-20-23-10-6-5-7-11-23/h5-8,10-13,16,18,22,26-28,30,41H,4,9,14-15,17,19-21H2,1-3H3,(H,38,43)(H,39,46)(H,40,45)/t27-,28-,30-,36+/m0/s1. The molecule has 1 saturated carbocycles. The SMILES string of the molecule is CCC[C@H](NC(=O)[C@@H]1C[C@]2(C=C(c3cccc(Cl)c3)NO2)CN1C(=O)[C@@H](CC(=O)NCc1ccccc1)C(C)C)C(=O)C(=O)NC1CC1. The predicted molar refractivity (Wildman–Crippen MR) is 181 cm³/mol. The maximum atomic E-state index is 14.4. The molecule has 0 bridgehead atoms. The highest BCUT2D eigenvalue weighted by Crippen LogP contribution is 2.39. The summed E-state index contributed by atoms with van der Waals surface area (Å²) in [5.74, 6) is -3.58. The number of benzene rings is 2. The molecule has 0 unspecified atom stereocenters. The van der Waals surface area contributed by atoms with Crippen molar-refractivity contribution >= 4 is 46.7 Å². The molecule has 1 aliphatic carbocycles. The van der Waals surface area contributed by atoms with E-state index in [0.717, 1.165) is 24.0 Å². The first-order valence-corrected chi connectivity index (χ1v) is 17.1. The molecule has 1 spiro atoms. The van der Waals surface area contributed by atoms with E-state index in [-0.39, 0.29) is 49.6 Å². The topological polar surface area (TPSA) is 146 Å². The zero-order valence-corrected chi connectivity index (χ0v) is 28.3. The molecular weight excluding hydrogens is 634 g/mol. The van der Waals surface area contributed by atoms with Crippen LogP contribution in [0.2, 0.25) is 5.02 Å². The van der Waals surface area contributed by atoms with E-state index in [9.17, 15) is 24.0 Å². The molecule has 3 aliphatic rings. The molecule has 2 aromatic carbocycles. The van der Waals surface area contributed by atoms with Crippen molar-refractivity contribution in [3.05, 3.63) is 76.8 Å². The fourth-order valence-corrected chi connectivity index (χ4v) is 6.37. The molecule has 12 heteroatoms. The summed E-state index contributed by atoms with van der Waals surface area (Å²) in [6, 6.07) is 14.6. The zero-order chi connectivity index (χ0) is 34.4. The van der Waals surface area contributed by atoms with Crippen molar-refractivity contribution in [2.45, 2.75) is 89.6 Å². The molecule has 0 aromatic heterocycles. The van der Waals surface area contributed by atoms with Gasteiger partial charge in [-0.05, 0) is 49.0 Å². The van der Waals surface area contributed by atoms with Crippen LogP contribution in [-0.4, -0.2) is 64.6 Å². The highest BCUT2D eigenvalue weighted by molar-refractivity contribution is 6.38. The molecule has 2 fully saturated rings. The quantitative estimate of drug-likeness (QED) is 0.223. The number of hydrogen-bond donors (Lipinski definition) is 4. The van der Waals surface area contributed by atoms with E-state index in [4.69, 9.17) is 16.4 Å². The van der Waals surface area contributed by atoms with Gasteiger partial charge in [0, 0.05) is 41.9 Å². The molecule has 11 nitrogen and oxygen atoms in total. The lowest BCUT2D eigenvalue weighted by atomic mass is 9.90. The van der Waals surface area contributed by atoms with E-state index in [1.807, 2.05) is 69.3 Å². The zero-order valence-electron chi connectivity index (χ0n) is 27.6. The Morgan fingerprint density at radius 3 is 2.48 bits per heavy atom. The van der Waals surface area contributed by atoms with Gasteiger partial charge in [-0.2, -0.15) is 0 Å². The van der Waals surface area contributed by atoms with Crippen molar-refractivity contribution in [2.24, 2.45) is 11.8 Å². The van der Waals surface area contributed by atoms with Gasteiger partial charge in [-0.25, -0.2) is 0 Å². The van der Waals surface area contributed by atoms with Crippen LogP contribution in [0.25, 0.3) is 5.70 Å². The molecule has 2 heterocycles. The average Bonchev–Trinajstić information content (AvgIpc) is 3.66. The Morgan fingerprint density at radius 1 is 1.06 bits per heavy atom. The van der Waals surface area contributed by atoms with Crippen LogP contribution in [0.1, 0.15) is 70.4 Å². The maximum absolute atomic E-state index is 14.4. The highest BCUT2D eigenvalue weighted by Gasteiger charge is 2.53. The maximum Gasteiger partial charge on any atom is 0.289 e. The van der Waals surface area contributed by atoms with Gasteiger partial charge in [-0.15, -0.1) is 0 Å². The van der Waals surface area contributed by atoms with Crippen LogP contribution in [0.5, 0.6) is 0 Å². The van der Waals surface area contributed by atoms with Crippen LogP contribution in [-0.2, 0) is 35.4 Å². The molecule has 0 radical (unpaired) electrons. The van der Waals surface area contributed by atoms with Gasteiger partial charge in [-0.3, -0.25) is 34.3 Å². The van der Waals surface area contributed by atoms with Crippen LogP contribution in [0, 0.1) is 11.8 Å². The minimum atomic E-state index is -1.07. The largest absolute Gasteiger partial charge is 0.352 e. The molecule has 5 rings (SSSR count). The number of nitrogens with zero attached hydrogens (tertiary/aromatic N) is 1. The Hall–Kier alpha value is -4.22. The third kappa shape index (κ3) is 8.62. The van der Waals surface area contributed by atoms with Gasteiger partial charge in [-0.1, -0.05) is 81.3 Å². The third-order valence-electron chi connectivity index (χ3n) is 9.05. The first-order valence-electron chi connectivity index (χ1n) is 16.7. The molecule has 4 N–H and O–H groups in total. The summed E-state index contributed by atoms with van der Waals surface area (Å²) in [7, 11) is 0. The van der Waals surface area contributed by atoms with E-state index < -0.39 is 41.2 Å². The van der Waals surface area contributed by atoms with Gasteiger partial charge in [0.05, 0.1) is 18.3 Å². The monoisotopic (exact) mass is 677 g/mol. The minimum Gasteiger partial charge on any atom is -0.352 e. The number of halogens is 1. The first kappa shape index (κ1) is 35.1. The molecule has 2 aliphatic heterocycles. The van der Waals surface area contributed by atoms with Crippen molar-refractivity contribution in [3.8, 4) is 0 Å². The molecule has 4 amide bonds. The van der Waals surface area contributed by atoms with Crippen LogP contribution >= 0.6 is 11.6 Å². The molecular formula is C36H44ClN5O6. The van der Waals surface area contributed by atoms with Gasteiger partial charge >= 0.3 is 0 Å². The fourth-order valence-electron chi connectivity index (χ4n) is 6.18. The second-order valence-electron chi connectivity index (χ2n) is 13.3. The number of hydroxylamine groups is 1. The number of likely N-dealkylation sites (tertiary alicyclic amines) is 1. The normalized spacial score (nSPS) is 21.3. The van der Waals surface area contributed by atoms with Crippen LogP contribution in [0.3, 0.4) is 0 Å². The van der Waals surface area contributed by atoms with E-state index in [2.05, 4.69) is 21.4 Å². The summed E-state index contributed by atoms with van der Waals surface area (Å²) < 4.78 is 0. The van der Waals surface area contributed by atoms with Gasteiger partial charge in [0.15, 0.2) is 0 Å². The third-order valence-corrected chi connectivity index (χ3v) is 9.29. The van der Waals surface area contributed by atoms with Gasteiger partial charge in [0.2, 0.25) is 23.5 Å². The summed E-state index contributed by atoms with van der Waals surface area (Å²) >= 11 is 6.23. The van der Waals surface area contributed by atoms with Crippen molar-refractivity contribution in [1.29, 1.82) is 0 Å². The number of Topliss-reactive ketones (excluding diaryl/α,β-unsaturated/α-hetero) is 1. The summed E-state index contributed by atoms with van der Waals surface area (Å²) in [6.45, 7) is 5.96. The highest BCUT2D eigenvalue weighted by atomic mass is 35.5. The predicted octanol–water partition coefficient (Wildman–Crippen LogP) is 3.67. The second kappa shape index (κ2) is 15.3. The average molecular weight is 678 g/mol. The lowest BCUT2D eigenvalue weighted by molar-refractivity contribution is -0.146. The Morgan fingerprint density at radius 2 is 1.81 bits per heavy atom. The number of amides is 4. The molecule has 4 atom stereocenters. The van der Waals surface area contributed by atoms with Crippen molar-refractivity contribution in [3.63, 3.8) is 0 Å². The lowest BCUT2D eigenvalue weighted by Gasteiger charge is -2.30. The van der Waals surface area contributed by atoms with Gasteiger partial charge < -0.3 is 20.9 Å². The smallest absolute Gasteiger partial charge is 0.289 e. The lowest BCUT2D eigenvalue weighted by Crippen LogP contribution is -2.54. The number of hydrogen-bond acceptors (Lipinski definition) is 7. The Labute approximate surface area is 286 Å². The van der Waals surface area contributed by atoms with Crippen molar-refractivity contribution in [2.75, 3.05) is 6.54 Å².